The van der Waals surface area contributed by atoms with Crippen molar-refractivity contribution in [2.45, 2.75) is 32.0 Å². The zero-order chi connectivity index (χ0) is 10.3. The van der Waals surface area contributed by atoms with E-state index in [0.717, 1.165) is 0 Å². The maximum atomic E-state index is 5.65. The summed E-state index contributed by atoms with van der Waals surface area (Å²) in [6, 6.07) is 0. The van der Waals surface area contributed by atoms with Crippen molar-refractivity contribution in [3.05, 3.63) is 12.2 Å². The Hall–Kier alpha value is -0.340. The second-order valence-corrected chi connectivity index (χ2v) is 4.70. The molecule has 2 rings (SSSR count). The highest BCUT2D eigenvalue weighted by atomic mass is 16.7. The quantitative estimate of drug-likeness (QED) is 0.510. The highest BCUT2D eigenvalue weighted by Crippen LogP contribution is 2.58. The molecule has 2 heteroatoms. The summed E-state index contributed by atoms with van der Waals surface area (Å²) < 4.78 is 11.3. The smallest absolute Gasteiger partial charge is 0.173 e. The van der Waals surface area contributed by atoms with E-state index in [9.17, 15) is 0 Å². The van der Waals surface area contributed by atoms with E-state index >= 15 is 0 Å². The zero-order valence-electron chi connectivity index (χ0n) is 9.38. The molecule has 3 atom stereocenters. The highest BCUT2D eigenvalue weighted by molar-refractivity contribution is 5.13. The lowest BCUT2D eigenvalue weighted by atomic mass is 9.84. The van der Waals surface area contributed by atoms with Crippen LogP contribution >= 0.6 is 0 Å². The largest absolute Gasteiger partial charge is 0.353 e. The van der Waals surface area contributed by atoms with Crippen molar-refractivity contribution in [2.24, 2.45) is 17.8 Å². The number of hydrogen-bond donors (Lipinski definition) is 0. The van der Waals surface area contributed by atoms with Crippen LogP contribution in [0.2, 0.25) is 0 Å². The molecule has 0 aromatic heterocycles. The molecule has 2 aliphatic carbocycles. The third-order valence-corrected chi connectivity index (χ3v) is 4.21. The van der Waals surface area contributed by atoms with Gasteiger partial charge in [0.15, 0.2) is 5.79 Å². The molecule has 0 aliphatic heterocycles. The Bertz CT molecular complexity index is 243. The van der Waals surface area contributed by atoms with Gasteiger partial charge in [0.25, 0.3) is 0 Å². The van der Waals surface area contributed by atoms with Gasteiger partial charge in [-0.2, -0.15) is 0 Å². The van der Waals surface area contributed by atoms with Crippen molar-refractivity contribution in [3.63, 3.8) is 0 Å². The topological polar surface area (TPSA) is 18.5 Å². The fourth-order valence-electron chi connectivity index (χ4n) is 3.58. The maximum Gasteiger partial charge on any atom is 0.173 e. The summed E-state index contributed by atoms with van der Waals surface area (Å²) in [5.74, 6) is 1.40. The van der Waals surface area contributed by atoms with Gasteiger partial charge >= 0.3 is 0 Å². The molecule has 0 N–H and O–H groups in total. The van der Waals surface area contributed by atoms with Crippen LogP contribution in [-0.2, 0) is 9.47 Å². The summed E-state index contributed by atoms with van der Waals surface area (Å²) in [7, 11) is 3.55. The van der Waals surface area contributed by atoms with Gasteiger partial charge in [0, 0.05) is 26.1 Å². The van der Waals surface area contributed by atoms with E-state index in [1.165, 1.54) is 24.8 Å². The Labute approximate surface area is 86.3 Å². The van der Waals surface area contributed by atoms with Crippen LogP contribution in [0.5, 0.6) is 0 Å². The van der Waals surface area contributed by atoms with Crippen LogP contribution < -0.4 is 0 Å². The Morgan fingerprint density at radius 3 is 2.29 bits per heavy atom. The molecule has 0 aromatic carbocycles. The predicted octanol–water partition coefficient (Wildman–Crippen LogP) is 2.60. The summed E-state index contributed by atoms with van der Waals surface area (Å²) >= 11 is 0. The maximum absolute atomic E-state index is 5.65. The van der Waals surface area contributed by atoms with Crippen LogP contribution in [0.4, 0.5) is 0 Å². The van der Waals surface area contributed by atoms with Gasteiger partial charge < -0.3 is 9.47 Å². The molecule has 0 heterocycles. The minimum Gasteiger partial charge on any atom is -0.353 e. The van der Waals surface area contributed by atoms with Gasteiger partial charge in [0.2, 0.25) is 0 Å². The summed E-state index contributed by atoms with van der Waals surface area (Å²) in [5, 5.41) is 0. The average Bonchev–Trinajstić information content (AvgIpc) is 2.69. The van der Waals surface area contributed by atoms with Crippen LogP contribution in [0.3, 0.4) is 0 Å². The minimum absolute atomic E-state index is 0.302. The van der Waals surface area contributed by atoms with Crippen LogP contribution in [0, 0.1) is 17.8 Å². The van der Waals surface area contributed by atoms with E-state index in [-0.39, 0.29) is 5.79 Å². The first kappa shape index (κ1) is 10.2. The molecule has 2 bridgehead atoms. The molecule has 2 nitrogen and oxygen atoms in total. The van der Waals surface area contributed by atoms with Gasteiger partial charge in [-0.05, 0) is 32.1 Å². The van der Waals surface area contributed by atoms with Gasteiger partial charge in [-0.15, -0.1) is 0 Å². The molecule has 0 spiro atoms. The van der Waals surface area contributed by atoms with Crippen molar-refractivity contribution in [3.8, 4) is 0 Å². The Morgan fingerprint density at radius 1 is 1.29 bits per heavy atom. The monoisotopic (exact) mass is 196 g/mol. The zero-order valence-corrected chi connectivity index (χ0v) is 9.38. The first-order valence-electron chi connectivity index (χ1n) is 5.41. The minimum atomic E-state index is -0.302. The van der Waals surface area contributed by atoms with E-state index in [0.29, 0.717) is 17.8 Å². The van der Waals surface area contributed by atoms with E-state index in [1.807, 2.05) is 0 Å². The number of ether oxygens (including phenoxy) is 2. The standard InChI is InChI=1S/C12H20O2/c1-8(2)10-7-9-5-6-11(10)12(9,13-3)14-4/h9-11H,1,5-7H2,2-4H3/t9-,10-,11+/m1/s1. The molecule has 14 heavy (non-hydrogen) atoms. The second-order valence-electron chi connectivity index (χ2n) is 4.70. The van der Waals surface area contributed by atoms with Gasteiger partial charge in [-0.3, -0.25) is 0 Å². The number of rotatable bonds is 3. The summed E-state index contributed by atoms with van der Waals surface area (Å²) in [4.78, 5) is 0. The number of allylic oxidation sites excluding steroid dienone is 1. The van der Waals surface area contributed by atoms with Crippen LogP contribution in [-0.4, -0.2) is 20.0 Å². The molecule has 80 valence electrons. The molecule has 0 amide bonds. The number of hydrogen-bond acceptors (Lipinski definition) is 2. The molecule has 2 aliphatic rings. The average molecular weight is 196 g/mol. The Morgan fingerprint density at radius 2 is 1.93 bits per heavy atom. The molecule has 2 fully saturated rings. The molecule has 2 saturated carbocycles. The predicted molar refractivity (Wildman–Crippen MR) is 55.9 cm³/mol. The van der Waals surface area contributed by atoms with Crippen LogP contribution in [0.15, 0.2) is 12.2 Å². The van der Waals surface area contributed by atoms with Crippen molar-refractivity contribution >= 4 is 0 Å². The fourth-order valence-corrected chi connectivity index (χ4v) is 3.58. The Balaban J connectivity index is 2.27. The van der Waals surface area contributed by atoms with Gasteiger partial charge in [0.1, 0.15) is 0 Å². The van der Waals surface area contributed by atoms with Crippen molar-refractivity contribution in [1.29, 1.82) is 0 Å². The molecule has 0 radical (unpaired) electrons. The van der Waals surface area contributed by atoms with E-state index < -0.39 is 0 Å². The Kier molecular flexibility index (Phi) is 2.44. The SMILES string of the molecule is C=C(C)[C@H]1C[C@H]2CC[C@@H]1C2(OC)OC. The fraction of sp³-hybridized carbons (Fsp3) is 0.833. The molecule has 0 saturated heterocycles. The lowest BCUT2D eigenvalue weighted by Gasteiger charge is -2.32. The summed E-state index contributed by atoms with van der Waals surface area (Å²) in [5.41, 5.74) is 1.29. The normalized spacial score (nSPS) is 38.9. The molecule has 0 aromatic rings. The number of fused-ring (bicyclic) bond motifs is 2. The van der Waals surface area contributed by atoms with Gasteiger partial charge in [-0.1, -0.05) is 12.2 Å². The molecular weight excluding hydrogens is 176 g/mol. The van der Waals surface area contributed by atoms with Crippen LogP contribution in [0.1, 0.15) is 26.2 Å². The van der Waals surface area contributed by atoms with Crippen molar-refractivity contribution < 1.29 is 9.47 Å². The van der Waals surface area contributed by atoms with Gasteiger partial charge in [0.05, 0.1) is 0 Å². The summed E-state index contributed by atoms with van der Waals surface area (Å²) in [6.07, 6.45) is 3.67. The van der Waals surface area contributed by atoms with Crippen molar-refractivity contribution in [2.75, 3.05) is 14.2 Å². The second kappa shape index (κ2) is 3.35. The summed E-state index contributed by atoms with van der Waals surface area (Å²) in [6.45, 7) is 6.21. The lowest BCUT2D eigenvalue weighted by Crippen LogP contribution is -2.39. The third-order valence-electron chi connectivity index (χ3n) is 4.21. The third kappa shape index (κ3) is 1.10. The lowest BCUT2D eigenvalue weighted by molar-refractivity contribution is -0.236. The highest BCUT2D eigenvalue weighted by Gasteiger charge is 2.60. The first-order valence-corrected chi connectivity index (χ1v) is 5.41. The first-order chi connectivity index (χ1) is 6.65. The number of methoxy groups -OCH3 is 2. The molecule has 0 unspecified atom stereocenters. The van der Waals surface area contributed by atoms with E-state index in [1.54, 1.807) is 14.2 Å². The molecular formula is C12H20O2. The van der Waals surface area contributed by atoms with Crippen molar-refractivity contribution in [1.82, 2.24) is 0 Å². The van der Waals surface area contributed by atoms with Gasteiger partial charge in [-0.25, -0.2) is 0 Å². The van der Waals surface area contributed by atoms with Crippen LogP contribution in [0.25, 0.3) is 0 Å². The van der Waals surface area contributed by atoms with E-state index in [4.69, 9.17) is 9.47 Å². The van der Waals surface area contributed by atoms with E-state index in [2.05, 4.69) is 13.5 Å².